The van der Waals surface area contributed by atoms with E-state index in [4.69, 9.17) is 26.1 Å². The van der Waals surface area contributed by atoms with Gasteiger partial charge < -0.3 is 14.4 Å². The van der Waals surface area contributed by atoms with Crippen molar-refractivity contribution >= 4 is 34.2 Å². The summed E-state index contributed by atoms with van der Waals surface area (Å²) in [6, 6.07) is 10.5. The Balaban J connectivity index is 1.60. The van der Waals surface area contributed by atoms with Gasteiger partial charge >= 0.3 is 0 Å². The summed E-state index contributed by atoms with van der Waals surface area (Å²) in [5.41, 5.74) is 1.75. The molecule has 4 nitrogen and oxygen atoms in total. The predicted octanol–water partition coefficient (Wildman–Crippen LogP) is 5.61. The van der Waals surface area contributed by atoms with Crippen LogP contribution in [0.5, 0.6) is 11.5 Å². The van der Waals surface area contributed by atoms with Crippen molar-refractivity contribution in [2.75, 3.05) is 26.1 Å². The Hall–Kier alpha value is -1.92. The third-order valence-electron chi connectivity index (χ3n) is 5.57. The number of halogens is 2. The molecule has 0 spiro atoms. The molecule has 0 aliphatic carbocycles. The van der Waals surface area contributed by atoms with Gasteiger partial charge in [0.1, 0.15) is 5.82 Å². The predicted molar refractivity (Wildman–Crippen MR) is 113 cm³/mol. The summed E-state index contributed by atoms with van der Waals surface area (Å²) >= 11 is 8.02. The molecule has 0 saturated carbocycles. The summed E-state index contributed by atoms with van der Waals surface area (Å²) in [7, 11) is 0. The van der Waals surface area contributed by atoms with Gasteiger partial charge in [-0.15, -0.1) is 0 Å². The minimum atomic E-state index is -0.302. The first kappa shape index (κ1) is 19.4. The maximum absolute atomic E-state index is 13.5. The zero-order valence-corrected chi connectivity index (χ0v) is 17.4. The van der Waals surface area contributed by atoms with Gasteiger partial charge in [-0.2, -0.15) is 0 Å². The van der Waals surface area contributed by atoms with Crippen LogP contribution in [0.3, 0.4) is 0 Å². The second-order valence-corrected chi connectivity index (χ2v) is 8.25. The Morgan fingerprint density at radius 1 is 1.25 bits per heavy atom. The van der Waals surface area contributed by atoms with Crippen LogP contribution in [-0.2, 0) is 5.41 Å². The normalized spacial score (nSPS) is 21.4. The average Bonchev–Trinajstić information content (AvgIpc) is 3.33. The van der Waals surface area contributed by atoms with Gasteiger partial charge in [0.15, 0.2) is 16.7 Å². The largest absolute Gasteiger partial charge is 0.454 e. The van der Waals surface area contributed by atoms with Gasteiger partial charge in [-0.1, -0.05) is 36.4 Å². The van der Waals surface area contributed by atoms with Crippen molar-refractivity contribution in [1.82, 2.24) is 4.90 Å². The van der Waals surface area contributed by atoms with Gasteiger partial charge in [0, 0.05) is 29.6 Å². The molecule has 2 aliphatic heterocycles. The molecule has 7 heteroatoms. The van der Waals surface area contributed by atoms with Crippen molar-refractivity contribution in [2.24, 2.45) is 4.99 Å². The number of nitrogens with zero attached hydrogens (tertiary/aromatic N) is 2. The number of rotatable bonds is 3. The maximum atomic E-state index is 13.5. The van der Waals surface area contributed by atoms with Gasteiger partial charge in [-0.25, -0.2) is 9.38 Å². The molecule has 0 bridgehead atoms. The fourth-order valence-electron chi connectivity index (χ4n) is 3.96. The highest BCUT2D eigenvalue weighted by Gasteiger charge is 2.40. The third-order valence-corrected chi connectivity index (χ3v) is 6.59. The number of likely N-dealkylation sites (tertiary alicyclic amines) is 1. The lowest BCUT2D eigenvalue weighted by Crippen LogP contribution is -2.33. The molecule has 148 valence electrons. The fraction of sp³-hybridized carbons (Fsp3) is 0.381. The number of amidine groups is 1. The molecular weight excluding hydrogens is 399 g/mol. The fourth-order valence-corrected chi connectivity index (χ4v) is 4.94. The number of hydrogen-bond donors (Lipinski definition) is 0. The molecule has 2 aromatic rings. The molecule has 1 fully saturated rings. The summed E-state index contributed by atoms with van der Waals surface area (Å²) in [6.45, 7) is 4.10. The SMILES string of the molecule is CC[C@@]1(c2ccc(F)cc2Cl)CCN(/C(=N\c2ccc3c(c2)OCO3)SC)C1. The number of ether oxygens (including phenoxy) is 2. The van der Waals surface area contributed by atoms with E-state index in [9.17, 15) is 4.39 Å². The van der Waals surface area contributed by atoms with Gasteiger partial charge in [-0.05, 0) is 48.9 Å². The highest BCUT2D eigenvalue weighted by molar-refractivity contribution is 8.13. The topological polar surface area (TPSA) is 34.1 Å². The summed E-state index contributed by atoms with van der Waals surface area (Å²) in [6.07, 6.45) is 3.92. The first-order chi connectivity index (χ1) is 13.5. The molecule has 28 heavy (non-hydrogen) atoms. The highest BCUT2D eigenvalue weighted by Crippen LogP contribution is 2.42. The molecule has 0 N–H and O–H groups in total. The lowest BCUT2D eigenvalue weighted by molar-refractivity contribution is 0.174. The molecular formula is C21H22ClFN2O2S. The Labute approximate surface area is 173 Å². The number of hydrogen-bond acceptors (Lipinski definition) is 4. The molecule has 0 amide bonds. The van der Waals surface area contributed by atoms with Gasteiger partial charge in [-0.3, -0.25) is 0 Å². The average molecular weight is 421 g/mol. The lowest BCUT2D eigenvalue weighted by atomic mass is 9.77. The third kappa shape index (κ3) is 3.55. The van der Waals surface area contributed by atoms with Crippen LogP contribution in [0.15, 0.2) is 41.4 Å². The van der Waals surface area contributed by atoms with E-state index in [-0.39, 0.29) is 18.0 Å². The first-order valence-electron chi connectivity index (χ1n) is 9.27. The van der Waals surface area contributed by atoms with E-state index in [1.54, 1.807) is 11.8 Å². The van der Waals surface area contributed by atoms with Crippen LogP contribution >= 0.6 is 23.4 Å². The minimum absolute atomic E-state index is 0.101. The highest BCUT2D eigenvalue weighted by atomic mass is 35.5. The first-order valence-corrected chi connectivity index (χ1v) is 10.9. The second-order valence-electron chi connectivity index (χ2n) is 7.07. The molecule has 0 unspecified atom stereocenters. The Morgan fingerprint density at radius 2 is 2.07 bits per heavy atom. The number of aliphatic imine (C=N–C) groups is 1. The van der Waals surface area contributed by atoms with Gasteiger partial charge in [0.05, 0.1) is 5.69 Å². The molecule has 0 aromatic heterocycles. The van der Waals surface area contributed by atoms with Crippen LogP contribution in [0.2, 0.25) is 5.02 Å². The van der Waals surface area contributed by atoms with E-state index in [2.05, 4.69) is 11.8 Å². The smallest absolute Gasteiger partial charge is 0.231 e. The Kier molecular flexibility index (Phi) is 5.43. The van der Waals surface area contributed by atoms with Crippen molar-refractivity contribution < 1.29 is 13.9 Å². The molecule has 0 radical (unpaired) electrons. The standard InChI is InChI=1S/C21H22ClFN2O2S/c1-3-21(16-6-4-14(23)10-17(16)22)8-9-25(12-21)20(28-2)24-15-5-7-18-19(11-15)27-13-26-18/h4-7,10-11H,3,8-9,12-13H2,1-2H3/b24-20+/t21-/m1/s1. The summed E-state index contributed by atoms with van der Waals surface area (Å²) in [5.74, 6) is 1.18. The van der Waals surface area contributed by atoms with E-state index in [0.717, 1.165) is 53.8 Å². The summed E-state index contributed by atoms with van der Waals surface area (Å²) in [4.78, 5) is 7.13. The van der Waals surface area contributed by atoms with Gasteiger partial charge in [0.25, 0.3) is 0 Å². The zero-order chi connectivity index (χ0) is 19.7. The van der Waals surface area contributed by atoms with E-state index in [1.807, 2.05) is 30.5 Å². The molecule has 1 atom stereocenters. The van der Waals surface area contributed by atoms with Crippen molar-refractivity contribution in [3.63, 3.8) is 0 Å². The van der Waals surface area contributed by atoms with Crippen molar-refractivity contribution in [1.29, 1.82) is 0 Å². The van der Waals surface area contributed by atoms with Crippen molar-refractivity contribution in [2.45, 2.75) is 25.2 Å². The van der Waals surface area contributed by atoms with E-state index < -0.39 is 0 Å². The monoisotopic (exact) mass is 420 g/mol. The van der Waals surface area contributed by atoms with E-state index in [1.165, 1.54) is 12.1 Å². The molecule has 1 saturated heterocycles. The minimum Gasteiger partial charge on any atom is -0.454 e. The number of fused-ring (bicyclic) bond motifs is 1. The van der Waals surface area contributed by atoms with Crippen LogP contribution in [0.4, 0.5) is 10.1 Å². The summed E-state index contributed by atoms with van der Waals surface area (Å²) < 4.78 is 24.3. The molecule has 2 heterocycles. The van der Waals surface area contributed by atoms with Crippen LogP contribution in [0.1, 0.15) is 25.3 Å². The Morgan fingerprint density at radius 3 is 2.82 bits per heavy atom. The summed E-state index contributed by atoms with van der Waals surface area (Å²) in [5, 5.41) is 1.45. The van der Waals surface area contributed by atoms with Crippen LogP contribution in [0.25, 0.3) is 0 Å². The quantitative estimate of drug-likeness (QED) is 0.477. The van der Waals surface area contributed by atoms with Crippen molar-refractivity contribution in [3.8, 4) is 11.5 Å². The number of thioether (sulfide) groups is 1. The zero-order valence-electron chi connectivity index (χ0n) is 15.9. The van der Waals surface area contributed by atoms with Crippen molar-refractivity contribution in [3.05, 3.63) is 52.8 Å². The van der Waals surface area contributed by atoms with Gasteiger partial charge in [0.2, 0.25) is 6.79 Å². The van der Waals surface area contributed by atoms with Crippen LogP contribution in [0, 0.1) is 5.82 Å². The van der Waals surface area contributed by atoms with Crippen LogP contribution in [-0.4, -0.2) is 36.2 Å². The molecule has 2 aromatic carbocycles. The number of benzene rings is 2. The van der Waals surface area contributed by atoms with E-state index in [0.29, 0.717) is 5.02 Å². The lowest BCUT2D eigenvalue weighted by Gasteiger charge is -2.30. The molecule has 2 aliphatic rings. The second kappa shape index (κ2) is 7.84. The van der Waals surface area contributed by atoms with Crippen LogP contribution < -0.4 is 9.47 Å². The molecule has 4 rings (SSSR count). The Bertz CT molecular complexity index is 923. The maximum Gasteiger partial charge on any atom is 0.231 e. The van der Waals surface area contributed by atoms with E-state index >= 15 is 0 Å².